The van der Waals surface area contributed by atoms with E-state index in [0.717, 1.165) is 6.92 Å². The molecule has 0 amide bonds. The van der Waals surface area contributed by atoms with Crippen molar-refractivity contribution in [1.82, 2.24) is 0 Å². The predicted molar refractivity (Wildman–Crippen MR) is 43.5 cm³/mol. The van der Waals surface area contributed by atoms with Crippen LogP contribution in [-0.2, 0) is 23.9 Å². The van der Waals surface area contributed by atoms with E-state index in [1.165, 1.54) is 0 Å². The van der Waals surface area contributed by atoms with E-state index in [0.29, 0.717) is 0 Å². The Morgan fingerprint density at radius 2 is 2.20 bits per heavy atom. The third-order valence-corrected chi connectivity index (χ3v) is 1.86. The van der Waals surface area contributed by atoms with E-state index in [2.05, 4.69) is 9.47 Å². The molecule has 7 heteroatoms. The number of aliphatic hydroxyl groups excluding tert-OH is 2. The number of carbonyl (C=O) groups excluding carboxylic acids is 3. The van der Waals surface area contributed by atoms with E-state index in [1.807, 2.05) is 0 Å². The number of rotatable bonds is 3. The summed E-state index contributed by atoms with van der Waals surface area (Å²) in [5, 5.41) is 17.8. The lowest BCUT2D eigenvalue weighted by Gasteiger charge is -2.19. The highest BCUT2D eigenvalue weighted by Crippen LogP contribution is 2.18. The van der Waals surface area contributed by atoms with Crippen molar-refractivity contribution >= 4 is 17.7 Å². The molecular formula is C8H10O7. The summed E-state index contributed by atoms with van der Waals surface area (Å²) in [6.45, 7) is 0.349. The van der Waals surface area contributed by atoms with Gasteiger partial charge in [-0.25, -0.2) is 4.79 Å². The van der Waals surface area contributed by atoms with Crippen LogP contribution in [0.2, 0.25) is 0 Å². The second-order valence-electron chi connectivity index (χ2n) is 3.01. The van der Waals surface area contributed by atoms with Crippen molar-refractivity contribution < 1.29 is 34.1 Å². The van der Waals surface area contributed by atoms with Gasteiger partial charge in [0.1, 0.15) is 6.10 Å². The van der Waals surface area contributed by atoms with Gasteiger partial charge < -0.3 is 19.7 Å². The standard InChI is InChI=1S/C8H10O7/c1-3(10)14-7-5(12)8(13)15-6(7)4(11)2-9/h4,6-7,9,11H,2H2,1H3/t4-,6+,7?/m0/s1. The Kier molecular flexibility index (Phi) is 3.38. The van der Waals surface area contributed by atoms with Crippen LogP contribution in [0.5, 0.6) is 0 Å². The first-order chi connectivity index (χ1) is 6.97. The van der Waals surface area contributed by atoms with E-state index in [4.69, 9.17) is 5.11 Å². The van der Waals surface area contributed by atoms with Crippen LogP contribution in [0.3, 0.4) is 0 Å². The van der Waals surface area contributed by atoms with Gasteiger partial charge in [-0.15, -0.1) is 0 Å². The minimum absolute atomic E-state index is 0.705. The van der Waals surface area contributed by atoms with Crippen molar-refractivity contribution in [2.75, 3.05) is 6.61 Å². The molecule has 15 heavy (non-hydrogen) atoms. The van der Waals surface area contributed by atoms with Gasteiger partial charge in [-0.2, -0.15) is 0 Å². The molecular weight excluding hydrogens is 208 g/mol. The van der Waals surface area contributed by atoms with Gasteiger partial charge >= 0.3 is 11.9 Å². The summed E-state index contributed by atoms with van der Waals surface area (Å²) in [5.41, 5.74) is 0. The van der Waals surface area contributed by atoms with E-state index in [9.17, 15) is 19.5 Å². The first-order valence-electron chi connectivity index (χ1n) is 4.18. The fourth-order valence-corrected chi connectivity index (χ4v) is 1.19. The van der Waals surface area contributed by atoms with Gasteiger partial charge in [-0.3, -0.25) is 9.59 Å². The Balaban J connectivity index is 2.81. The number of ether oxygens (including phenoxy) is 2. The van der Waals surface area contributed by atoms with Crippen LogP contribution < -0.4 is 0 Å². The topological polar surface area (TPSA) is 110 Å². The summed E-state index contributed by atoms with van der Waals surface area (Å²) in [7, 11) is 0. The van der Waals surface area contributed by atoms with Crippen molar-refractivity contribution in [2.45, 2.75) is 25.2 Å². The predicted octanol–water partition coefficient (Wildman–Crippen LogP) is -2.23. The van der Waals surface area contributed by atoms with Crippen molar-refractivity contribution in [3.63, 3.8) is 0 Å². The average Bonchev–Trinajstić information content (AvgIpc) is 2.44. The first-order valence-corrected chi connectivity index (χ1v) is 4.18. The van der Waals surface area contributed by atoms with Gasteiger partial charge in [0.2, 0.25) is 6.10 Å². The molecule has 0 radical (unpaired) electrons. The van der Waals surface area contributed by atoms with Crippen LogP contribution in [0.1, 0.15) is 6.92 Å². The minimum Gasteiger partial charge on any atom is -0.450 e. The van der Waals surface area contributed by atoms with Crippen molar-refractivity contribution in [3.05, 3.63) is 0 Å². The van der Waals surface area contributed by atoms with Crippen LogP contribution in [0.4, 0.5) is 0 Å². The van der Waals surface area contributed by atoms with Crippen molar-refractivity contribution in [3.8, 4) is 0 Å². The lowest BCUT2D eigenvalue weighted by atomic mass is 10.1. The number of cyclic esters (lactones) is 1. The molecule has 0 aromatic carbocycles. The van der Waals surface area contributed by atoms with Crippen LogP contribution >= 0.6 is 0 Å². The molecule has 0 spiro atoms. The van der Waals surface area contributed by atoms with E-state index < -0.39 is 42.6 Å². The summed E-state index contributed by atoms with van der Waals surface area (Å²) in [5.74, 6) is -3.00. The summed E-state index contributed by atoms with van der Waals surface area (Å²) < 4.78 is 8.99. The van der Waals surface area contributed by atoms with Gasteiger partial charge in [0.15, 0.2) is 6.10 Å². The van der Waals surface area contributed by atoms with Gasteiger partial charge in [-0.05, 0) is 0 Å². The Morgan fingerprint density at radius 3 is 2.67 bits per heavy atom. The number of hydrogen-bond acceptors (Lipinski definition) is 7. The van der Waals surface area contributed by atoms with Crippen molar-refractivity contribution in [2.24, 2.45) is 0 Å². The van der Waals surface area contributed by atoms with Gasteiger partial charge in [-0.1, -0.05) is 0 Å². The Bertz CT molecular complexity index is 297. The summed E-state index contributed by atoms with van der Waals surface area (Å²) in [4.78, 5) is 32.6. The molecule has 1 fully saturated rings. The molecule has 1 aliphatic rings. The minimum atomic E-state index is -1.47. The second kappa shape index (κ2) is 4.37. The highest BCUT2D eigenvalue weighted by Gasteiger charge is 2.49. The Labute approximate surface area is 84.6 Å². The molecule has 1 unspecified atom stereocenters. The lowest BCUT2D eigenvalue weighted by Crippen LogP contribution is -2.41. The number of esters is 2. The quantitative estimate of drug-likeness (QED) is 0.407. The van der Waals surface area contributed by atoms with Crippen LogP contribution in [0.25, 0.3) is 0 Å². The maximum Gasteiger partial charge on any atom is 0.379 e. The number of carbonyl (C=O) groups is 3. The van der Waals surface area contributed by atoms with E-state index >= 15 is 0 Å². The smallest absolute Gasteiger partial charge is 0.379 e. The maximum atomic E-state index is 11.1. The molecule has 7 nitrogen and oxygen atoms in total. The molecule has 1 heterocycles. The molecule has 0 bridgehead atoms. The molecule has 1 rings (SSSR count). The molecule has 0 aromatic heterocycles. The largest absolute Gasteiger partial charge is 0.450 e. The molecule has 2 N–H and O–H groups in total. The van der Waals surface area contributed by atoms with Crippen molar-refractivity contribution in [1.29, 1.82) is 0 Å². The third-order valence-electron chi connectivity index (χ3n) is 1.86. The third kappa shape index (κ3) is 2.31. The fraction of sp³-hybridized carbons (Fsp3) is 0.625. The lowest BCUT2D eigenvalue weighted by molar-refractivity contribution is -0.158. The summed E-state index contributed by atoms with van der Waals surface area (Å²) >= 11 is 0. The molecule has 84 valence electrons. The highest BCUT2D eigenvalue weighted by molar-refractivity contribution is 6.37. The molecule has 1 aliphatic heterocycles. The average molecular weight is 218 g/mol. The van der Waals surface area contributed by atoms with Crippen LogP contribution in [0.15, 0.2) is 0 Å². The monoisotopic (exact) mass is 218 g/mol. The second-order valence-corrected chi connectivity index (χ2v) is 3.01. The van der Waals surface area contributed by atoms with Crippen LogP contribution in [0, 0.1) is 0 Å². The number of ketones is 1. The number of Topliss-reactive ketones (excluding diaryl/α,β-unsaturated/α-hetero) is 1. The van der Waals surface area contributed by atoms with E-state index in [1.54, 1.807) is 0 Å². The highest BCUT2D eigenvalue weighted by atomic mass is 16.6. The normalized spacial score (nSPS) is 27.4. The zero-order valence-corrected chi connectivity index (χ0v) is 7.87. The molecule has 0 saturated carbocycles. The first kappa shape index (κ1) is 11.6. The van der Waals surface area contributed by atoms with Gasteiger partial charge in [0.05, 0.1) is 6.61 Å². The molecule has 1 saturated heterocycles. The van der Waals surface area contributed by atoms with Crippen LogP contribution in [-0.4, -0.2) is 52.9 Å². The number of aliphatic hydroxyl groups is 2. The molecule has 0 aromatic rings. The Morgan fingerprint density at radius 1 is 1.60 bits per heavy atom. The zero-order valence-electron chi connectivity index (χ0n) is 7.87. The molecule has 0 aliphatic carbocycles. The summed E-state index contributed by atoms with van der Waals surface area (Å²) in [6.07, 6.45) is -4.26. The zero-order chi connectivity index (χ0) is 11.6. The summed E-state index contributed by atoms with van der Waals surface area (Å²) in [6, 6.07) is 0. The SMILES string of the molecule is CC(=O)OC1C(=O)C(=O)O[C@@H]1[C@@H](O)CO. The van der Waals surface area contributed by atoms with Gasteiger partial charge in [0, 0.05) is 6.92 Å². The fourth-order valence-electron chi connectivity index (χ4n) is 1.19. The number of hydrogen-bond donors (Lipinski definition) is 2. The Hall–Kier alpha value is -1.47. The van der Waals surface area contributed by atoms with E-state index in [-0.39, 0.29) is 0 Å². The van der Waals surface area contributed by atoms with Gasteiger partial charge in [0.25, 0.3) is 5.78 Å². The molecule has 3 atom stereocenters. The maximum absolute atomic E-state index is 11.1.